The van der Waals surface area contributed by atoms with Crippen molar-refractivity contribution in [2.24, 2.45) is 0 Å². The van der Waals surface area contributed by atoms with Crippen LogP contribution in [0.1, 0.15) is 0 Å². The van der Waals surface area contributed by atoms with E-state index in [0.717, 1.165) is 30.6 Å². The summed E-state index contributed by atoms with van der Waals surface area (Å²) in [7, 11) is -0.979. The standard InChI is InChI=1S/C27H33O6Se.BF4/c1-28-16-19-31-22-10-4-7-13-25(22)34(26-14-8-5-11-23(26)32-20-17-29-2)27-15-9-6-12-24(27)33-21-18-30-3;2-1(3,4)5/h4-15H,16-21H2,1-3H3;/q+1;-1. The summed E-state index contributed by atoms with van der Waals surface area (Å²) in [4.78, 5) is 0. The second-order valence-electron chi connectivity index (χ2n) is 7.67. The molecule has 3 rings (SSSR count). The second kappa shape index (κ2) is 17.8. The predicted octanol–water partition coefficient (Wildman–Crippen LogP) is 3.58. The van der Waals surface area contributed by atoms with Crippen molar-refractivity contribution in [3.63, 3.8) is 0 Å². The van der Waals surface area contributed by atoms with Crippen LogP contribution in [0.15, 0.2) is 72.8 Å². The third-order valence-electron chi connectivity index (χ3n) is 4.84. The van der Waals surface area contributed by atoms with E-state index < -0.39 is 21.2 Å². The monoisotopic (exact) mass is 620 g/mol. The van der Waals surface area contributed by atoms with E-state index in [4.69, 9.17) is 28.4 Å². The van der Waals surface area contributed by atoms with Gasteiger partial charge in [-0.15, -0.1) is 0 Å². The molecule has 0 heterocycles. The van der Waals surface area contributed by atoms with Gasteiger partial charge in [0.25, 0.3) is 0 Å². The van der Waals surface area contributed by atoms with Gasteiger partial charge in [0.15, 0.2) is 0 Å². The van der Waals surface area contributed by atoms with Crippen molar-refractivity contribution in [3.8, 4) is 17.2 Å². The predicted molar refractivity (Wildman–Crippen MR) is 146 cm³/mol. The van der Waals surface area contributed by atoms with Gasteiger partial charge < -0.3 is 17.3 Å². The Hall–Kier alpha value is -2.76. The molecule has 0 atom stereocenters. The van der Waals surface area contributed by atoms with Crippen molar-refractivity contribution in [1.29, 1.82) is 0 Å². The summed E-state index contributed by atoms with van der Waals surface area (Å²) < 4.78 is 76.5. The maximum atomic E-state index is 9.75. The van der Waals surface area contributed by atoms with Crippen LogP contribution in [0.2, 0.25) is 0 Å². The molecule has 0 radical (unpaired) electrons. The fraction of sp³-hybridized carbons (Fsp3) is 0.333. The number of methoxy groups -OCH3 is 3. The Bertz CT molecular complexity index is 972. The molecule has 0 aliphatic rings. The smallest absolute Gasteiger partial charge is 0.418 e. The zero-order chi connectivity index (χ0) is 28.5. The van der Waals surface area contributed by atoms with E-state index in [1.54, 1.807) is 21.3 Å². The van der Waals surface area contributed by atoms with Gasteiger partial charge in [-0.1, -0.05) is 0 Å². The quantitative estimate of drug-likeness (QED) is 0.147. The molecule has 0 saturated carbocycles. The van der Waals surface area contributed by atoms with Crippen molar-refractivity contribution in [2.75, 3.05) is 61.0 Å². The van der Waals surface area contributed by atoms with Crippen LogP contribution in [0.4, 0.5) is 17.3 Å². The molecule has 0 bridgehead atoms. The molecule has 0 fully saturated rings. The number of hydrogen-bond acceptors (Lipinski definition) is 6. The minimum absolute atomic E-state index is 0.477. The average Bonchev–Trinajstić information content (AvgIpc) is 2.91. The average molecular weight is 619 g/mol. The summed E-state index contributed by atoms with van der Waals surface area (Å²) in [6.07, 6.45) is 0. The van der Waals surface area contributed by atoms with Crippen molar-refractivity contribution in [2.45, 2.75) is 0 Å². The number of para-hydroxylation sites is 3. The molecule has 214 valence electrons. The van der Waals surface area contributed by atoms with Gasteiger partial charge in [0.05, 0.1) is 0 Å². The van der Waals surface area contributed by atoms with Crippen LogP contribution in [-0.4, -0.2) is 82.1 Å². The number of benzene rings is 3. The molecular formula is C27H33BF4O6Se. The Balaban J connectivity index is 0.000000976. The molecule has 6 nitrogen and oxygen atoms in total. The van der Waals surface area contributed by atoms with E-state index in [-0.39, 0.29) is 0 Å². The Morgan fingerprint density at radius 3 is 1.00 bits per heavy atom. The van der Waals surface area contributed by atoms with Crippen LogP contribution in [0.25, 0.3) is 0 Å². The van der Waals surface area contributed by atoms with Gasteiger partial charge >= 0.3 is 214 Å². The van der Waals surface area contributed by atoms with Gasteiger partial charge in [0.2, 0.25) is 0 Å². The Morgan fingerprint density at radius 1 is 0.487 bits per heavy atom. The molecule has 0 aliphatic heterocycles. The van der Waals surface area contributed by atoms with E-state index in [1.165, 1.54) is 0 Å². The number of halogens is 4. The van der Waals surface area contributed by atoms with Gasteiger partial charge in [-0.05, 0) is 0 Å². The van der Waals surface area contributed by atoms with E-state index in [9.17, 15) is 17.3 Å². The first-order valence-corrected chi connectivity index (χ1v) is 14.6. The summed E-state index contributed by atoms with van der Waals surface area (Å²) in [6.45, 7) is 2.99. The van der Waals surface area contributed by atoms with Crippen LogP contribution in [0.3, 0.4) is 0 Å². The van der Waals surface area contributed by atoms with Crippen LogP contribution in [-0.2, 0) is 14.2 Å². The molecule has 12 heteroatoms. The van der Waals surface area contributed by atoms with Gasteiger partial charge in [-0.3, -0.25) is 0 Å². The number of hydrogen-bond donors (Lipinski definition) is 0. The van der Waals surface area contributed by atoms with Gasteiger partial charge in [-0.2, -0.15) is 0 Å². The van der Waals surface area contributed by atoms with Crippen LogP contribution in [0.5, 0.6) is 17.2 Å². The Kier molecular flexibility index (Phi) is 14.8. The first kappa shape index (κ1) is 32.5. The molecule has 0 aromatic heterocycles. The molecule has 0 N–H and O–H groups in total. The molecule has 0 spiro atoms. The van der Waals surface area contributed by atoms with Gasteiger partial charge in [0.1, 0.15) is 0 Å². The third kappa shape index (κ3) is 11.9. The maximum absolute atomic E-state index is 9.75. The molecule has 0 amide bonds. The maximum Gasteiger partial charge on any atom is 0.673 e. The number of ether oxygens (including phenoxy) is 6. The van der Waals surface area contributed by atoms with Crippen molar-refractivity contribution in [3.05, 3.63) is 72.8 Å². The minimum atomic E-state index is -6.00. The molecule has 3 aromatic carbocycles. The summed E-state index contributed by atoms with van der Waals surface area (Å²) in [5.41, 5.74) is 0. The van der Waals surface area contributed by atoms with Crippen molar-refractivity contribution >= 4 is 34.5 Å². The SMILES string of the molecule is COCCOc1ccccc1[Se+](c1ccccc1OCCOC)c1ccccc1OCCOC.F[B-](F)(F)F. The second-order valence-corrected chi connectivity index (χ2v) is 11.7. The minimum Gasteiger partial charge on any atom is -0.418 e. The largest absolute Gasteiger partial charge is 0.673 e. The molecule has 0 saturated heterocycles. The van der Waals surface area contributed by atoms with Crippen LogP contribution in [0, 0.1) is 0 Å². The summed E-state index contributed by atoms with van der Waals surface area (Å²) in [5, 5.41) is 0. The first-order valence-electron chi connectivity index (χ1n) is 12.0. The molecule has 0 aliphatic carbocycles. The first-order chi connectivity index (χ1) is 18.8. The molecule has 3 aromatic rings. The Labute approximate surface area is 231 Å². The van der Waals surface area contributed by atoms with E-state index in [0.29, 0.717) is 39.6 Å². The van der Waals surface area contributed by atoms with E-state index >= 15 is 0 Å². The summed E-state index contributed by atoms with van der Waals surface area (Å²) in [5.74, 6) is 2.55. The van der Waals surface area contributed by atoms with Crippen molar-refractivity contribution < 1.29 is 45.7 Å². The van der Waals surface area contributed by atoms with Gasteiger partial charge in [-0.25, -0.2) is 0 Å². The molecular weight excluding hydrogens is 586 g/mol. The summed E-state index contributed by atoms with van der Waals surface area (Å²) in [6, 6.07) is 24.6. The zero-order valence-electron chi connectivity index (χ0n) is 22.1. The third-order valence-corrected chi connectivity index (χ3v) is 9.73. The fourth-order valence-corrected chi connectivity index (χ4v) is 8.18. The number of rotatable bonds is 15. The van der Waals surface area contributed by atoms with Crippen LogP contribution >= 0.6 is 0 Å². The van der Waals surface area contributed by atoms with Crippen LogP contribution < -0.4 is 27.6 Å². The summed E-state index contributed by atoms with van der Waals surface area (Å²) >= 11 is -1.89. The van der Waals surface area contributed by atoms with Crippen molar-refractivity contribution in [1.82, 2.24) is 0 Å². The molecule has 0 unspecified atom stereocenters. The van der Waals surface area contributed by atoms with E-state index in [2.05, 4.69) is 36.4 Å². The normalized spacial score (nSPS) is 11.1. The van der Waals surface area contributed by atoms with Gasteiger partial charge in [0, 0.05) is 0 Å². The Morgan fingerprint density at radius 2 is 0.744 bits per heavy atom. The van der Waals surface area contributed by atoms with E-state index in [1.807, 2.05) is 36.4 Å². The molecule has 39 heavy (non-hydrogen) atoms. The zero-order valence-corrected chi connectivity index (χ0v) is 23.8. The topological polar surface area (TPSA) is 55.4 Å². The fourth-order valence-electron chi connectivity index (χ4n) is 3.27.